The molecule has 120 valence electrons. The Bertz CT molecular complexity index is 634. The van der Waals surface area contributed by atoms with Gasteiger partial charge in [0, 0.05) is 0 Å². The molecule has 0 aromatic heterocycles. The van der Waals surface area contributed by atoms with Crippen LogP contribution >= 0.6 is 0 Å². The summed E-state index contributed by atoms with van der Waals surface area (Å²) in [5.41, 5.74) is 0.405. The van der Waals surface area contributed by atoms with Crippen molar-refractivity contribution in [2.24, 2.45) is 0 Å². The molecule has 2 fully saturated rings. The first kappa shape index (κ1) is 14.9. The van der Waals surface area contributed by atoms with Crippen molar-refractivity contribution < 1.29 is 9.84 Å². The van der Waals surface area contributed by atoms with Crippen LogP contribution in [0.1, 0.15) is 50.2 Å². The monoisotopic (exact) mass is 308 g/mol. The zero-order valence-corrected chi connectivity index (χ0v) is 13.7. The molecule has 23 heavy (non-hydrogen) atoms. The van der Waals surface area contributed by atoms with Gasteiger partial charge in [0.1, 0.15) is 5.60 Å². The summed E-state index contributed by atoms with van der Waals surface area (Å²) in [6, 6.07) is 20.7. The SMILES string of the molecule is CC1(C2(O)CCCCC2)OC1(c1ccccc1)c1ccccc1. The van der Waals surface area contributed by atoms with Crippen LogP contribution in [0.5, 0.6) is 0 Å². The van der Waals surface area contributed by atoms with E-state index >= 15 is 0 Å². The van der Waals surface area contributed by atoms with Crippen molar-refractivity contribution in [3.05, 3.63) is 71.8 Å². The van der Waals surface area contributed by atoms with Gasteiger partial charge in [-0.25, -0.2) is 0 Å². The summed E-state index contributed by atoms with van der Waals surface area (Å²) in [4.78, 5) is 0. The maximum Gasteiger partial charge on any atom is 0.151 e. The Morgan fingerprint density at radius 2 is 1.26 bits per heavy atom. The molecule has 2 aliphatic rings. The highest BCUT2D eigenvalue weighted by atomic mass is 16.6. The van der Waals surface area contributed by atoms with E-state index in [2.05, 4.69) is 31.2 Å². The average molecular weight is 308 g/mol. The summed E-state index contributed by atoms with van der Waals surface area (Å²) in [7, 11) is 0. The van der Waals surface area contributed by atoms with Gasteiger partial charge in [-0.15, -0.1) is 0 Å². The molecule has 0 spiro atoms. The topological polar surface area (TPSA) is 32.8 Å². The third kappa shape index (κ3) is 2.02. The van der Waals surface area contributed by atoms with Gasteiger partial charge in [0.2, 0.25) is 0 Å². The lowest BCUT2D eigenvalue weighted by atomic mass is 9.67. The van der Waals surface area contributed by atoms with Gasteiger partial charge in [-0.1, -0.05) is 79.9 Å². The van der Waals surface area contributed by atoms with Crippen molar-refractivity contribution in [3.8, 4) is 0 Å². The summed E-state index contributed by atoms with van der Waals surface area (Å²) in [6.45, 7) is 2.10. The molecule has 2 nitrogen and oxygen atoms in total. The van der Waals surface area contributed by atoms with E-state index in [0.29, 0.717) is 0 Å². The van der Waals surface area contributed by atoms with Gasteiger partial charge < -0.3 is 9.84 Å². The molecule has 1 saturated carbocycles. The highest BCUT2D eigenvalue weighted by molar-refractivity contribution is 5.48. The molecule has 4 rings (SSSR count). The van der Waals surface area contributed by atoms with Crippen molar-refractivity contribution in [1.82, 2.24) is 0 Å². The summed E-state index contributed by atoms with van der Waals surface area (Å²) in [5, 5.41) is 11.4. The molecule has 2 heteroatoms. The number of epoxide rings is 1. The summed E-state index contributed by atoms with van der Waals surface area (Å²) < 4.78 is 6.46. The first-order chi connectivity index (χ1) is 11.1. The molecule has 1 atom stereocenters. The van der Waals surface area contributed by atoms with Crippen LogP contribution in [0.4, 0.5) is 0 Å². The van der Waals surface area contributed by atoms with E-state index in [1.807, 2.05) is 36.4 Å². The number of hydrogen-bond acceptors (Lipinski definition) is 2. The first-order valence-electron chi connectivity index (χ1n) is 8.66. The Balaban J connectivity index is 1.84. The minimum atomic E-state index is -0.753. The smallest absolute Gasteiger partial charge is 0.151 e. The molecule has 1 N–H and O–H groups in total. The van der Waals surface area contributed by atoms with Crippen molar-refractivity contribution in [3.63, 3.8) is 0 Å². The molecule has 0 bridgehead atoms. The molecule has 0 radical (unpaired) electrons. The Morgan fingerprint density at radius 3 is 1.74 bits per heavy atom. The van der Waals surface area contributed by atoms with Crippen molar-refractivity contribution in [2.75, 3.05) is 0 Å². The number of ether oxygens (including phenoxy) is 1. The lowest BCUT2D eigenvalue weighted by Gasteiger charge is -2.38. The lowest BCUT2D eigenvalue weighted by molar-refractivity contribution is -0.0590. The normalized spacial score (nSPS) is 28.3. The Morgan fingerprint density at radius 1 is 0.783 bits per heavy atom. The molecule has 1 heterocycles. The third-order valence-electron chi connectivity index (χ3n) is 5.92. The number of rotatable bonds is 3. The van der Waals surface area contributed by atoms with Crippen molar-refractivity contribution in [2.45, 2.75) is 55.8 Å². The van der Waals surface area contributed by atoms with Crippen LogP contribution in [-0.2, 0) is 10.3 Å². The first-order valence-corrected chi connectivity index (χ1v) is 8.66. The maximum absolute atomic E-state index is 11.4. The van der Waals surface area contributed by atoms with E-state index in [4.69, 9.17) is 4.74 Å². The second kappa shape index (κ2) is 5.19. The minimum Gasteiger partial charge on any atom is -0.387 e. The highest BCUT2D eigenvalue weighted by Gasteiger charge is 2.76. The molecule has 1 aliphatic carbocycles. The fourth-order valence-corrected chi connectivity index (χ4v) is 4.50. The van der Waals surface area contributed by atoms with E-state index in [1.165, 1.54) is 6.42 Å². The van der Waals surface area contributed by atoms with Crippen LogP contribution < -0.4 is 0 Å². The van der Waals surface area contributed by atoms with Crippen molar-refractivity contribution in [1.29, 1.82) is 0 Å². The van der Waals surface area contributed by atoms with Crippen LogP contribution in [-0.4, -0.2) is 16.3 Å². The summed E-state index contributed by atoms with van der Waals surface area (Å²) >= 11 is 0. The number of hydrogen-bond donors (Lipinski definition) is 1. The van der Waals surface area contributed by atoms with Crippen LogP contribution in [0, 0.1) is 0 Å². The third-order valence-corrected chi connectivity index (χ3v) is 5.92. The Labute approximate surface area is 138 Å². The van der Waals surface area contributed by atoms with Gasteiger partial charge in [0.15, 0.2) is 5.60 Å². The molecule has 1 unspecified atom stereocenters. The Kier molecular flexibility index (Phi) is 3.36. The van der Waals surface area contributed by atoms with Gasteiger partial charge >= 0.3 is 0 Å². The summed E-state index contributed by atoms with van der Waals surface area (Å²) in [5.74, 6) is 0. The van der Waals surface area contributed by atoms with E-state index in [9.17, 15) is 5.11 Å². The van der Waals surface area contributed by atoms with E-state index in [-0.39, 0.29) is 0 Å². The second-order valence-corrected chi connectivity index (χ2v) is 7.14. The fourth-order valence-electron chi connectivity index (χ4n) is 4.50. The molecular weight excluding hydrogens is 284 g/mol. The number of benzene rings is 2. The van der Waals surface area contributed by atoms with Gasteiger partial charge in [-0.2, -0.15) is 0 Å². The van der Waals surface area contributed by atoms with Crippen LogP contribution in [0.2, 0.25) is 0 Å². The van der Waals surface area contributed by atoms with Gasteiger partial charge in [-0.3, -0.25) is 0 Å². The average Bonchev–Trinajstić information content (AvgIpc) is 3.27. The van der Waals surface area contributed by atoms with Gasteiger partial charge in [0.25, 0.3) is 0 Å². The lowest BCUT2D eigenvalue weighted by Crippen LogP contribution is -2.49. The number of aliphatic hydroxyl groups is 1. The predicted molar refractivity (Wildman–Crippen MR) is 91.2 cm³/mol. The van der Waals surface area contributed by atoms with Gasteiger partial charge in [0.05, 0.1) is 5.60 Å². The maximum atomic E-state index is 11.4. The van der Waals surface area contributed by atoms with Crippen LogP contribution in [0.3, 0.4) is 0 Å². The zero-order valence-electron chi connectivity index (χ0n) is 13.7. The van der Waals surface area contributed by atoms with Crippen LogP contribution in [0.15, 0.2) is 60.7 Å². The molecule has 1 saturated heterocycles. The largest absolute Gasteiger partial charge is 0.387 e. The molecule has 2 aromatic rings. The molecule has 1 aliphatic heterocycles. The van der Waals surface area contributed by atoms with Gasteiger partial charge in [-0.05, 0) is 30.9 Å². The van der Waals surface area contributed by atoms with E-state index < -0.39 is 16.8 Å². The standard InChI is InChI=1S/C21H24O2/c1-19(20(22)15-9-4-10-16-20)21(23-19,17-11-5-2-6-12-17)18-13-7-3-8-14-18/h2-3,5-8,11-14,22H,4,9-10,15-16H2,1H3. The van der Waals surface area contributed by atoms with Crippen LogP contribution in [0.25, 0.3) is 0 Å². The highest BCUT2D eigenvalue weighted by Crippen LogP contribution is 2.66. The zero-order chi connectivity index (χ0) is 16.0. The molecular formula is C21H24O2. The quantitative estimate of drug-likeness (QED) is 0.852. The molecule has 0 amide bonds. The van der Waals surface area contributed by atoms with Crippen molar-refractivity contribution >= 4 is 0 Å². The second-order valence-electron chi connectivity index (χ2n) is 7.14. The predicted octanol–water partition coefficient (Wildman–Crippen LogP) is 4.41. The minimum absolute atomic E-state index is 0.540. The fraction of sp³-hybridized carbons (Fsp3) is 0.429. The Hall–Kier alpha value is -1.64. The van der Waals surface area contributed by atoms with E-state index in [1.54, 1.807) is 0 Å². The summed E-state index contributed by atoms with van der Waals surface area (Å²) in [6.07, 6.45) is 5.02. The van der Waals surface area contributed by atoms with E-state index in [0.717, 1.165) is 36.8 Å². The molecule has 2 aromatic carbocycles.